The number of carbonyl (C=O) groups excluding carboxylic acids is 1. The Balaban J connectivity index is 2.07. The standard InChI is InChI=1S/C16H17Cl2N3O/c1-2-3-19-8-11-4-12(10-20-9-11)16(22)21-15-6-13(17)5-14(18)7-15/h4-7,9-10,19H,2-3,8H2,1H3,(H,21,22). The van der Waals surface area contributed by atoms with Crippen LogP contribution in [-0.2, 0) is 6.54 Å². The van der Waals surface area contributed by atoms with Crippen LogP contribution >= 0.6 is 23.2 Å². The lowest BCUT2D eigenvalue weighted by atomic mass is 10.2. The molecule has 1 aromatic heterocycles. The minimum absolute atomic E-state index is 0.247. The van der Waals surface area contributed by atoms with Gasteiger partial charge in [-0.1, -0.05) is 30.1 Å². The average molecular weight is 338 g/mol. The number of hydrogen-bond donors (Lipinski definition) is 2. The lowest BCUT2D eigenvalue weighted by Crippen LogP contribution is -2.16. The summed E-state index contributed by atoms with van der Waals surface area (Å²) in [7, 11) is 0. The number of anilines is 1. The second-order valence-electron chi connectivity index (χ2n) is 4.87. The number of nitrogens with zero attached hydrogens (tertiary/aromatic N) is 1. The minimum Gasteiger partial charge on any atom is -0.322 e. The smallest absolute Gasteiger partial charge is 0.257 e. The van der Waals surface area contributed by atoms with Crippen molar-refractivity contribution in [2.75, 3.05) is 11.9 Å². The monoisotopic (exact) mass is 337 g/mol. The van der Waals surface area contributed by atoms with Gasteiger partial charge >= 0.3 is 0 Å². The largest absolute Gasteiger partial charge is 0.322 e. The maximum absolute atomic E-state index is 12.3. The second kappa shape index (κ2) is 8.13. The molecule has 2 rings (SSSR count). The second-order valence-corrected chi connectivity index (χ2v) is 5.74. The third kappa shape index (κ3) is 4.98. The Hall–Kier alpha value is -1.62. The van der Waals surface area contributed by atoms with Crippen molar-refractivity contribution in [3.05, 3.63) is 57.8 Å². The van der Waals surface area contributed by atoms with Crippen molar-refractivity contribution in [1.29, 1.82) is 0 Å². The summed E-state index contributed by atoms with van der Waals surface area (Å²) >= 11 is 11.8. The van der Waals surface area contributed by atoms with Gasteiger partial charge in [0, 0.05) is 34.7 Å². The molecule has 0 aliphatic rings. The van der Waals surface area contributed by atoms with Gasteiger partial charge in [0.05, 0.1) is 5.56 Å². The Bertz CT molecular complexity index is 641. The number of hydrogen-bond acceptors (Lipinski definition) is 3. The summed E-state index contributed by atoms with van der Waals surface area (Å²) in [6.07, 6.45) is 4.34. The molecule has 0 radical (unpaired) electrons. The first-order valence-corrected chi connectivity index (χ1v) is 7.76. The Morgan fingerprint density at radius 2 is 1.86 bits per heavy atom. The lowest BCUT2D eigenvalue weighted by molar-refractivity contribution is 0.102. The summed E-state index contributed by atoms with van der Waals surface area (Å²) in [5, 5.41) is 6.98. The zero-order valence-corrected chi connectivity index (χ0v) is 13.7. The van der Waals surface area contributed by atoms with E-state index in [1.54, 1.807) is 24.4 Å². The van der Waals surface area contributed by atoms with Crippen molar-refractivity contribution >= 4 is 34.8 Å². The van der Waals surface area contributed by atoms with Crippen LogP contribution in [0.3, 0.4) is 0 Å². The van der Waals surface area contributed by atoms with Crippen LogP contribution in [0.5, 0.6) is 0 Å². The normalized spacial score (nSPS) is 10.5. The molecule has 1 heterocycles. The molecule has 0 spiro atoms. The summed E-state index contributed by atoms with van der Waals surface area (Å²) < 4.78 is 0. The first kappa shape index (κ1) is 16.7. The minimum atomic E-state index is -0.247. The molecule has 4 nitrogen and oxygen atoms in total. The molecule has 1 aromatic carbocycles. The lowest BCUT2D eigenvalue weighted by Gasteiger charge is -2.08. The highest BCUT2D eigenvalue weighted by molar-refractivity contribution is 6.35. The molecule has 0 aliphatic carbocycles. The van der Waals surface area contributed by atoms with Crippen molar-refractivity contribution in [3.63, 3.8) is 0 Å². The van der Waals surface area contributed by atoms with Crippen molar-refractivity contribution in [3.8, 4) is 0 Å². The van der Waals surface area contributed by atoms with E-state index < -0.39 is 0 Å². The predicted octanol–water partition coefficient (Wildman–Crippen LogP) is 4.14. The molecule has 2 aromatic rings. The molecule has 0 unspecified atom stereocenters. The highest BCUT2D eigenvalue weighted by atomic mass is 35.5. The van der Waals surface area contributed by atoms with Gasteiger partial charge in [-0.2, -0.15) is 0 Å². The fourth-order valence-electron chi connectivity index (χ4n) is 1.95. The van der Waals surface area contributed by atoms with Crippen LogP contribution in [0.4, 0.5) is 5.69 Å². The van der Waals surface area contributed by atoms with E-state index in [9.17, 15) is 4.79 Å². The van der Waals surface area contributed by atoms with Crippen LogP contribution in [0.2, 0.25) is 10.0 Å². The number of pyridine rings is 1. The maximum Gasteiger partial charge on any atom is 0.257 e. The third-order valence-electron chi connectivity index (χ3n) is 2.93. The topological polar surface area (TPSA) is 54.0 Å². The summed E-state index contributed by atoms with van der Waals surface area (Å²) in [6, 6.07) is 6.72. The van der Waals surface area contributed by atoms with Gasteiger partial charge < -0.3 is 10.6 Å². The van der Waals surface area contributed by atoms with Crippen molar-refractivity contribution in [2.24, 2.45) is 0 Å². The number of benzene rings is 1. The molecular weight excluding hydrogens is 321 g/mol. The van der Waals surface area contributed by atoms with Crippen molar-refractivity contribution in [1.82, 2.24) is 10.3 Å². The molecule has 22 heavy (non-hydrogen) atoms. The first-order chi connectivity index (χ1) is 10.6. The van der Waals surface area contributed by atoms with E-state index >= 15 is 0 Å². The van der Waals surface area contributed by atoms with Crippen LogP contribution in [0.15, 0.2) is 36.7 Å². The van der Waals surface area contributed by atoms with Gasteiger partial charge in [0.25, 0.3) is 5.91 Å². The quantitative estimate of drug-likeness (QED) is 0.779. The third-order valence-corrected chi connectivity index (χ3v) is 3.37. The maximum atomic E-state index is 12.3. The molecule has 1 amide bonds. The Morgan fingerprint density at radius 3 is 2.55 bits per heavy atom. The van der Waals surface area contributed by atoms with E-state index in [4.69, 9.17) is 23.2 Å². The van der Waals surface area contributed by atoms with Gasteiger partial charge in [-0.15, -0.1) is 0 Å². The highest BCUT2D eigenvalue weighted by Crippen LogP contribution is 2.22. The summed E-state index contributed by atoms with van der Waals surface area (Å²) in [5.74, 6) is -0.247. The van der Waals surface area contributed by atoms with E-state index in [1.807, 2.05) is 6.07 Å². The van der Waals surface area contributed by atoms with Gasteiger partial charge in [0.1, 0.15) is 0 Å². The average Bonchev–Trinajstić information content (AvgIpc) is 2.47. The van der Waals surface area contributed by atoms with Crippen LogP contribution in [0, 0.1) is 0 Å². The van der Waals surface area contributed by atoms with Crippen molar-refractivity contribution in [2.45, 2.75) is 19.9 Å². The van der Waals surface area contributed by atoms with Gasteiger partial charge in [-0.25, -0.2) is 0 Å². The molecular formula is C16H17Cl2N3O. The zero-order valence-electron chi connectivity index (χ0n) is 12.2. The summed E-state index contributed by atoms with van der Waals surface area (Å²) in [4.78, 5) is 16.4. The van der Waals surface area contributed by atoms with Crippen molar-refractivity contribution < 1.29 is 4.79 Å². The predicted molar refractivity (Wildman–Crippen MR) is 90.6 cm³/mol. The molecule has 0 fully saturated rings. The Labute approximate surface area is 139 Å². The number of rotatable bonds is 6. The number of nitrogens with one attached hydrogen (secondary N) is 2. The van der Waals surface area contributed by atoms with E-state index in [-0.39, 0.29) is 5.91 Å². The number of aromatic nitrogens is 1. The van der Waals surface area contributed by atoms with Crippen LogP contribution in [-0.4, -0.2) is 17.4 Å². The number of halogens is 2. The molecule has 0 bridgehead atoms. The van der Waals surface area contributed by atoms with Gasteiger partial charge in [0.2, 0.25) is 0 Å². The Morgan fingerprint density at radius 1 is 1.14 bits per heavy atom. The van der Waals surface area contributed by atoms with E-state index in [0.717, 1.165) is 18.5 Å². The number of carbonyl (C=O) groups is 1. The van der Waals surface area contributed by atoms with Crippen LogP contribution < -0.4 is 10.6 Å². The molecule has 0 saturated heterocycles. The SMILES string of the molecule is CCCNCc1cncc(C(=O)Nc2cc(Cl)cc(Cl)c2)c1. The molecule has 6 heteroatoms. The number of amides is 1. The fourth-order valence-corrected chi connectivity index (χ4v) is 2.47. The first-order valence-electron chi connectivity index (χ1n) is 7.00. The van der Waals surface area contributed by atoms with E-state index in [0.29, 0.717) is 27.8 Å². The van der Waals surface area contributed by atoms with Gasteiger partial charge in [0.15, 0.2) is 0 Å². The van der Waals surface area contributed by atoms with E-state index in [1.165, 1.54) is 6.20 Å². The summed E-state index contributed by atoms with van der Waals surface area (Å²) in [5.41, 5.74) is 2.01. The highest BCUT2D eigenvalue weighted by Gasteiger charge is 2.08. The van der Waals surface area contributed by atoms with Gasteiger partial charge in [-0.3, -0.25) is 9.78 Å². The zero-order chi connectivity index (χ0) is 15.9. The van der Waals surface area contributed by atoms with Crippen LogP contribution in [0.1, 0.15) is 29.3 Å². The van der Waals surface area contributed by atoms with E-state index in [2.05, 4.69) is 22.5 Å². The van der Waals surface area contributed by atoms with Crippen LogP contribution in [0.25, 0.3) is 0 Å². The Kier molecular flexibility index (Phi) is 6.19. The molecule has 2 N–H and O–H groups in total. The molecule has 116 valence electrons. The molecule has 0 saturated carbocycles. The molecule has 0 atom stereocenters. The fraction of sp³-hybridized carbons (Fsp3) is 0.250. The van der Waals surface area contributed by atoms with Gasteiger partial charge in [-0.05, 0) is 42.8 Å². The summed E-state index contributed by atoms with van der Waals surface area (Å²) in [6.45, 7) is 3.72. The molecule has 0 aliphatic heterocycles.